The minimum Gasteiger partial charge on any atom is -0.493 e. The first-order valence-corrected chi connectivity index (χ1v) is 12.6. The van der Waals surface area contributed by atoms with Gasteiger partial charge in [0.15, 0.2) is 17.3 Å². The summed E-state index contributed by atoms with van der Waals surface area (Å²) in [6.45, 7) is 1.68. The Morgan fingerprint density at radius 2 is 1.85 bits per heavy atom. The lowest BCUT2D eigenvalue weighted by molar-refractivity contribution is -0.270. The summed E-state index contributed by atoms with van der Waals surface area (Å²) in [6.07, 6.45) is -4.56. The largest absolute Gasteiger partial charge is 0.493 e. The minimum absolute atomic E-state index is 0.0912. The molecule has 39 heavy (non-hydrogen) atoms. The van der Waals surface area contributed by atoms with Crippen LogP contribution in [0.1, 0.15) is 52.9 Å². The second kappa shape index (κ2) is 11.3. The fourth-order valence-electron chi connectivity index (χ4n) is 4.22. The van der Waals surface area contributed by atoms with Crippen LogP contribution in [0.25, 0.3) is 11.3 Å². The van der Waals surface area contributed by atoms with E-state index < -0.39 is 41.9 Å². The molecule has 4 rings (SSSR count). The van der Waals surface area contributed by atoms with Gasteiger partial charge in [-0.25, -0.2) is 9.37 Å². The van der Waals surface area contributed by atoms with E-state index in [1.807, 2.05) is 0 Å². The first-order valence-electron chi connectivity index (χ1n) is 12.6. The molecule has 1 atom stereocenters. The molecule has 0 aliphatic heterocycles. The van der Waals surface area contributed by atoms with Crippen LogP contribution in [0.3, 0.4) is 0 Å². The zero-order chi connectivity index (χ0) is 28.4. The molecule has 1 aromatic heterocycles. The Morgan fingerprint density at radius 3 is 2.46 bits per heavy atom. The van der Waals surface area contributed by atoms with Gasteiger partial charge in [0.25, 0.3) is 0 Å². The van der Waals surface area contributed by atoms with Crippen LogP contribution in [0.5, 0.6) is 11.5 Å². The average Bonchev–Trinajstić information content (AvgIpc) is 3.72. The number of carbonyl (C=O) groups is 1. The van der Waals surface area contributed by atoms with Crippen molar-refractivity contribution in [2.75, 3.05) is 13.7 Å². The third-order valence-electron chi connectivity index (χ3n) is 6.68. The van der Waals surface area contributed by atoms with Crippen molar-refractivity contribution in [2.24, 2.45) is 5.73 Å². The predicted molar refractivity (Wildman–Crippen MR) is 137 cm³/mol. The number of halogens is 4. The van der Waals surface area contributed by atoms with Gasteiger partial charge in [0.2, 0.25) is 5.60 Å². The van der Waals surface area contributed by atoms with Gasteiger partial charge in [0.1, 0.15) is 5.82 Å². The molecule has 1 aliphatic carbocycles. The summed E-state index contributed by atoms with van der Waals surface area (Å²) in [5.74, 6) is -0.324. The van der Waals surface area contributed by atoms with Gasteiger partial charge < -0.3 is 20.3 Å². The van der Waals surface area contributed by atoms with Gasteiger partial charge in [-0.3, -0.25) is 4.79 Å². The van der Waals surface area contributed by atoms with Crippen molar-refractivity contribution >= 4 is 5.78 Å². The van der Waals surface area contributed by atoms with E-state index in [4.69, 9.17) is 15.2 Å². The number of carbonyl (C=O) groups excluding carboxylic acids is 1. The molecule has 0 saturated heterocycles. The minimum atomic E-state index is -5.14. The van der Waals surface area contributed by atoms with Crippen molar-refractivity contribution in [1.82, 2.24) is 4.98 Å². The lowest BCUT2D eigenvalue weighted by Gasteiger charge is -2.30. The summed E-state index contributed by atoms with van der Waals surface area (Å²) in [7, 11) is 1.41. The third-order valence-corrected chi connectivity index (χ3v) is 6.68. The number of aryl methyl sites for hydroxylation is 1. The normalized spacial score (nSPS) is 15.1. The van der Waals surface area contributed by atoms with Crippen molar-refractivity contribution in [3.8, 4) is 22.8 Å². The van der Waals surface area contributed by atoms with Gasteiger partial charge >= 0.3 is 6.18 Å². The second-order valence-electron chi connectivity index (χ2n) is 9.71. The fraction of sp³-hybridized carbons (Fsp3) is 0.379. The summed E-state index contributed by atoms with van der Waals surface area (Å²) in [6, 6.07) is 11.2. The maximum atomic E-state index is 14.4. The summed E-state index contributed by atoms with van der Waals surface area (Å²) in [4.78, 5) is 17.1. The zero-order valence-electron chi connectivity index (χ0n) is 21.6. The number of aromatic nitrogens is 1. The van der Waals surface area contributed by atoms with Gasteiger partial charge in [0.05, 0.1) is 24.6 Å². The van der Waals surface area contributed by atoms with E-state index in [-0.39, 0.29) is 30.3 Å². The molecule has 0 bridgehead atoms. The highest BCUT2D eigenvalue weighted by molar-refractivity contribution is 5.96. The number of nitrogens with two attached hydrogens (primary N) is 1. The van der Waals surface area contributed by atoms with E-state index in [0.717, 1.165) is 18.9 Å². The molecule has 10 heteroatoms. The number of pyridine rings is 1. The molecular weight excluding hydrogens is 516 g/mol. The Hall–Kier alpha value is -3.50. The van der Waals surface area contributed by atoms with Crippen molar-refractivity contribution in [3.63, 3.8) is 0 Å². The molecule has 0 radical (unpaired) electrons. The van der Waals surface area contributed by atoms with E-state index >= 15 is 0 Å². The molecule has 6 nitrogen and oxygen atoms in total. The number of Topliss-reactive ketones (excluding diaryl/α,β-unsaturated/α-hetero) is 1. The first-order chi connectivity index (χ1) is 18.4. The smallest absolute Gasteiger partial charge is 0.422 e. The maximum Gasteiger partial charge on any atom is 0.422 e. The monoisotopic (exact) mass is 546 g/mol. The standard InChI is InChI=1S/C29H30F4N2O4/c1-17-13-19(3-7-22(17)30)23-14-18(10-12-34)15-27(35-23)28(37,29(31,32)33)11-9-24(36)20-4-8-25(26(16-20)38-2)39-21-5-6-21/h3-4,7-8,13-16,21,37H,5-6,9-12,34H2,1-2H3. The Labute approximate surface area is 223 Å². The zero-order valence-corrected chi connectivity index (χ0v) is 21.6. The lowest BCUT2D eigenvalue weighted by atomic mass is 9.88. The van der Waals surface area contributed by atoms with Gasteiger partial charge in [-0.2, -0.15) is 13.2 Å². The molecular formula is C29H30F4N2O4. The molecule has 2 aromatic carbocycles. The van der Waals surface area contributed by atoms with E-state index in [2.05, 4.69) is 4.98 Å². The molecule has 208 valence electrons. The predicted octanol–water partition coefficient (Wildman–Crippen LogP) is 5.66. The van der Waals surface area contributed by atoms with Crippen LogP contribution < -0.4 is 15.2 Å². The van der Waals surface area contributed by atoms with Gasteiger partial charge in [-0.1, -0.05) is 0 Å². The van der Waals surface area contributed by atoms with Crippen LogP contribution in [-0.4, -0.2) is 41.8 Å². The Morgan fingerprint density at radius 1 is 1.10 bits per heavy atom. The van der Waals surface area contributed by atoms with Crippen LogP contribution in [0, 0.1) is 12.7 Å². The lowest BCUT2D eigenvalue weighted by Crippen LogP contribution is -2.43. The maximum absolute atomic E-state index is 14.4. The van der Waals surface area contributed by atoms with Crippen molar-refractivity contribution in [3.05, 3.63) is 76.7 Å². The number of rotatable bonds is 11. The third kappa shape index (κ3) is 6.39. The SMILES string of the molecule is COc1cc(C(=O)CCC(O)(c2cc(CCN)cc(-c3ccc(F)c(C)c3)n2)C(F)(F)F)ccc1OC1CC1. The van der Waals surface area contributed by atoms with Crippen molar-refractivity contribution < 1.29 is 36.9 Å². The summed E-state index contributed by atoms with van der Waals surface area (Å²) in [5.41, 5.74) is 2.93. The molecule has 1 fully saturated rings. The highest BCUT2D eigenvalue weighted by Gasteiger charge is 2.56. The van der Waals surface area contributed by atoms with E-state index in [1.54, 1.807) is 12.1 Å². The van der Waals surface area contributed by atoms with Crippen LogP contribution >= 0.6 is 0 Å². The fourth-order valence-corrected chi connectivity index (χ4v) is 4.22. The molecule has 3 aromatic rings. The highest BCUT2D eigenvalue weighted by Crippen LogP contribution is 2.43. The summed E-state index contributed by atoms with van der Waals surface area (Å²) in [5, 5.41) is 11.1. The Balaban J connectivity index is 1.65. The van der Waals surface area contributed by atoms with Crippen molar-refractivity contribution in [2.45, 2.75) is 56.9 Å². The summed E-state index contributed by atoms with van der Waals surface area (Å²) >= 11 is 0. The second-order valence-corrected chi connectivity index (χ2v) is 9.71. The number of aliphatic hydroxyl groups is 1. The van der Waals surface area contributed by atoms with E-state index in [1.165, 1.54) is 44.4 Å². The van der Waals surface area contributed by atoms with Crippen LogP contribution in [0.2, 0.25) is 0 Å². The number of ketones is 1. The van der Waals surface area contributed by atoms with Crippen LogP contribution in [-0.2, 0) is 12.0 Å². The Bertz CT molecular complexity index is 1360. The van der Waals surface area contributed by atoms with E-state index in [0.29, 0.717) is 28.2 Å². The number of benzene rings is 2. The van der Waals surface area contributed by atoms with Gasteiger partial charge in [0, 0.05) is 17.5 Å². The van der Waals surface area contributed by atoms with Crippen LogP contribution in [0.15, 0.2) is 48.5 Å². The number of methoxy groups -OCH3 is 1. The quantitative estimate of drug-likeness (QED) is 0.238. The molecule has 0 amide bonds. The van der Waals surface area contributed by atoms with Crippen LogP contribution in [0.4, 0.5) is 17.6 Å². The van der Waals surface area contributed by atoms with Gasteiger partial charge in [-0.05, 0) is 98.8 Å². The van der Waals surface area contributed by atoms with Gasteiger partial charge in [-0.15, -0.1) is 0 Å². The number of alkyl halides is 3. The molecule has 3 N–H and O–H groups in total. The number of nitrogens with zero attached hydrogens (tertiary/aromatic N) is 1. The molecule has 1 heterocycles. The Kier molecular flexibility index (Phi) is 8.27. The molecule has 1 saturated carbocycles. The number of ether oxygens (including phenoxy) is 2. The number of hydrogen-bond donors (Lipinski definition) is 2. The summed E-state index contributed by atoms with van der Waals surface area (Å²) < 4.78 is 68.0. The molecule has 0 spiro atoms. The van der Waals surface area contributed by atoms with E-state index in [9.17, 15) is 27.5 Å². The van der Waals surface area contributed by atoms with Crippen molar-refractivity contribution in [1.29, 1.82) is 0 Å². The topological polar surface area (TPSA) is 94.7 Å². The average molecular weight is 547 g/mol. The molecule has 1 unspecified atom stereocenters. The first kappa shape index (κ1) is 28.5. The molecule has 1 aliphatic rings. The highest BCUT2D eigenvalue weighted by atomic mass is 19.4. The number of hydrogen-bond acceptors (Lipinski definition) is 6.